The van der Waals surface area contributed by atoms with Crippen molar-refractivity contribution in [1.29, 1.82) is 0 Å². The van der Waals surface area contributed by atoms with Crippen molar-refractivity contribution >= 4 is 33.2 Å². The lowest BCUT2D eigenvalue weighted by molar-refractivity contribution is -0.143. The van der Waals surface area contributed by atoms with Crippen LogP contribution in [-0.4, -0.2) is 38.5 Å². The molecule has 1 aliphatic rings. The van der Waals surface area contributed by atoms with E-state index in [1.807, 2.05) is 0 Å². The summed E-state index contributed by atoms with van der Waals surface area (Å²) in [5.74, 6) is -1.27. The predicted octanol–water partition coefficient (Wildman–Crippen LogP) is 0.397. The van der Waals surface area contributed by atoms with Crippen LogP contribution in [0.4, 0.5) is 0 Å². The van der Waals surface area contributed by atoms with Gasteiger partial charge in [-0.25, -0.2) is 13.1 Å². The number of hydrogen-bond donors (Lipinski definition) is 3. The number of amides is 1. The third-order valence-electron chi connectivity index (χ3n) is 3.34. The Kier molecular flexibility index (Phi) is 4.64. The Morgan fingerprint density at radius 2 is 2.10 bits per heavy atom. The molecule has 0 aromatic carbocycles. The molecule has 1 aromatic rings. The Labute approximate surface area is 126 Å². The molecular weight excluding hydrogens is 316 g/mol. The summed E-state index contributed by atoms with van der Waals surface area (Å²) >= 11 is 1.10. The van der Waals surface area contributed by atoms with Gasteiger partial charge in [-0.1, -0.05) is 6.07 Å². The van der Waals surface area contributed by atoms with Crippen LogP contribution in [0.2, 0.25) is 0 Å². The first kappa shape index (κ1) is 15.9. The van der Waals surface area contributed by atoms with Gasteiger partial charge in [-0.15, -0.1) is 11.3 Å². The lowest BCUT2D eigenvalue weighted by Crippen LogP contribution is -2.36. The molecule has 2 rings (SSSR count). The average Bonchev–Trinajstić information content (AvgIpc) is 3.00. The first-order valence-corrected chi connectivity index (χ1v) is 8.75. The average molecular weight is 332 g/mol. The van der Waals surface area contributed by atoms with E-state index in [1.54, 1.807) is 11.4 Å². The van der Waals surface area contributed by atoms with Crippen LogP contribution in [0.15, 0.2) is 21.7 Å². The smallest absolute Gasteiger partial charge is 0.311 e. The first-order chi connectivity index (χ1) is 9.86. The van der Waals surface area contributed by atoms with E-state index in [2.05, 4.69) is 10.0 Å². The quantitative estimate of drug-likeness (QED) is 0.638. The number of thiophene rings is 1. The van der Waals surface area contributed by atoms with Gasteiger partial charge in [-0.05, 0) is 24.3 Å². The van der Waals surface area contributed by atoms with Gasteiger partial charge in [0.2, 0.25) is 15.9 Å². The van der Waals surface area contributed by atoms with Gasteiger partial charge < -0.3 is 10.4 Å². The summed E-state index contributed by atoms with van der Waals surface area (Å²) in [5.41, 5.74) is -0.813. The Balaban J connectivity index is 1.72. The molecule has 0 spiro atoms. The van der Waals surface area contributed by atoms with E-state index in [4.69, 9.17) is 5.11 Å². The van der Waals surface area contributed by atoms with Crippen LogP contribution < -0.4 is 10.0 Å². The maximum absolute atomic E-state index is 11.8. The van der Waals surface area contributed by atoms with E-state index >= 15 is 0 Å². The minimum Gasteiger partial charge on any atom is -0.481 e. The number of nitrogens with one attached hydrogen (secondary N) is 2. The summed E-state index contributed by atoms with van der Waals surface area (Å²) in [6, 6.07) is 3.11. The predicted molar refractivity (Wildman–Crippen MR) is 76.4 cm³/mol. The molecule has 0 radical (unpaired) electrons. The lowest BCUT2D eigenvalue weighted by Gasteiger charge is -2.11. The topological polar surface area (TPSA) is 113 Å². The van der Waals surface area contributed by atoms with Crippen LogP contribution in [-0.2, 0) is 19.6 Å². The number of carbonyl (C=O) groups is 2. The van der Waals surface area contributed by atoms with Crippen molar-refractivity contribution in [2.45, 2.75) is 23.5 Å². The highest BCUT2D eigenvalue weighted by Gasteiger charge is 2.50. The molecule has 0 atom stereocenters. The van der Waals surface area contributed by atoms with Crippen molar-refractivity contribution in [3.63, 3.8) is 0 Å². The minimum atomic E-state index is -3.56. The Hall–Kier alpha value is -1.45. The van der Waals surface area contributed by atoms with Crippen molar-refractivity contribution in [2.24, 2.45) is 5.41 Å². The molecule has 1 heterocycles. The highest BCUT2D eigenvalue weighted by molar-refractivity contribution is 7.91. The molecular formula is C12H16N2O5S2. The number of sulfonamides is 1. The second-order valence-corrected chi connectivity index (χ2v) is 7.88. The minimum absolute atomic E-state index is 0.0217. The summed E-state index contributed by atoms with van der Waals surface area (Å²) in [5, 5.41) is 13.2. The molecule has 0 bridgehead atoms. The van der Waals surface area contributed by atoms with E-state index < -0.39 is 21.4 Å². The maximum atomic E-state index is 11.8. The number of carboxylic acid groups (broad SMARTS) is 1. The van der Waals surface area contributed by atoms with E-state index in [0.29, 0.717) is 12.8 Å². The van der Waals surface area contributed by atoms with Gasteiger partial charge in [0.05, 0.1) is 5.41 Å². The van der Waals surface area contributed by atoms with Crippen LogP contribution in [0.25, 0.3) is 0 Å². The van der Waals surface area contributed by atoms with Crippen molar-refractivity contribution in [3.8, 4) is 0 Å². The number of rotatable bonds is 8. The number of carboxylic acids is 1. The molecule has 7 nitrogen and oxygen atoms in total. The van der Waals surface area contributed by atoms with Crippen molar-refractivity contribution in [3.05, 3.63) is 17.5 Å². The SMILES string of the molecule is O=C(CCNS(=O)(=O)c1cccs1)NCC1(C(=O)O)CC1. The normalized spacial score (nSPS) is 16.4. The summed E-state index contributed by atoms with van der Waals surface area (Å²) in [4.78, 5) is 22.5. The molecule has 1 amide bonds. The van der Waals surface area contributed by atoms with Crippen LogP contribution in [0.3, 0.4) is 0 Å². The molecule has 3 N–H and O–H groups in total. The molecule has 9 heteroatoms. The number of hydrogen-bond acceptors (Lipinski definition) is 5. The van der Waals surface area contributed by atoms with Crippen LogP contribution in [0.1, 0.15) is 19.3 Å². The van der Waals surface area contributed by atoms with Crippen molar-refractivity contribution < 1.29 is 23.1 Å². The van der Waals surface area contributed by atoms with Gasteiger partial charge in [-0.3, -0.25) is 9.59 Å². The monoisotopic (exact) mass is 332 g/mol. The molecule has 116 valence electrons. The third-order valence-corrected chi connectivity index (χ3v) is 6.19. The summed E-state index contributed by atoms with van der Waals surface area (Å²) < 4.78 is 26.1. The second-order valence-electron chi connectivity index (χ2n) is 4.94. The number of aliphatic carboxylic acids is 1. The molecule has 1 aliphatic carbocycles. The molecule has 0 aliphatic heterocycles. The Bertz CT molecular complexity index is 620. The Morgan fingerprint density at radius 3 is 2.62 bits per heavy atom. The zero-order chi connectivity index (χ0) is 15.5. The molecule has 1 aromatic heterocycles. The summed E-state index contributed by atoms with van der Waals surface area (Å²) in [6.07, 6.45) is 1.10. The third kappa shape index (κ3) is 4.02. The fourth-order valence-corrected chi connectivity index (χ4v) is 3.83. The van der Waals surface area contributed by atoms with Gasteiger partial charge in [0, 0.05) is 19.5 Å². The van der Waals surface area contributed by atoms with Gasteiger partial charge in [0.25, 0.3) is 0 Å². The van der Waals surface area contributed by atoms with Gasteiger partial charge in [-0.2, -0.15) is 0 Å². The van der Waals surface area contributed by atoms with Gasteiger partial charge in [0.15, 0.2) is 0 Å². The highest BCUT2D eigenvalue weighted by atomic mass is 32.2. The maximum Gasteiger partial charge on any atom is 0.311 e. The van der Waals surface area contributed by atoms with Crippen LogP contribution >= 0.6 is 11.3 Å². The standard InChI is InChI=1S/C12H16N2O5S2/c15-9(13-8-12(4-5-12)11(16)17)3-6-14-21(18,19)10-2-1-7-20-10/h1-2,7,14H,3-6,8H2,(H,13,15)(H,16,17). The van der Waals surface area contributed by atoms with Crippen LogP contribution in [0.5, 0.6) is 0 Å². The van der Waals surface area contributed by atoms with E-state index in [-0.39, 0.29) is 29.6 Å². The van der Waals surface area contributed by atoms with E-state index in [9.17, 15) is 18.0 Å². The molecule has 1 saturated carbocycles. The fourth-order valence-electron chi connectivity index (χ4n) is 1.76. The van der Waals surface area contributed by atoms with Crippen LogP contribution in [0, 0.1) is 5.41 Å². The lowest BCUT2D eigenvalue weighted by atomic mass is 10.1. The molecule has 0 saturated heterocycles. The highest BCUT2D eigenvalue weighted by Crippen LogP contribution is 2.45. The van der Waals surface area contributed by atoms with E-state index in [1.165, 1.54) is 6.07 Å². The van der Waals surface area contributed by atoms with Gasteiger partial charge >= 0.3 is 5.97 Å². The van der Waals surface area contributed by atoms with E-state index in [0.717, 1.165) is 11.3 Å². The zero-order valence-corrected chi connectivity index (χ0v) is 12.8. The Morgan fingerprint density at radius 1 is 1.38 bits per heavy atom. The fraction of sp³-hybridized carbons (Fsp3) is 0.500. The first-order valence-electron chi connectivity index (χ1n) is 6.39. The van der Waals surface area contributed by atoms with Crippen molar-refractivity contribution in [2.75, 3.05) is 13.1 Å². The van der Waals surface area contributed by atoms with Crippen molar-refractivity contribution in [1.82, 2.24) is 10.0 Å². The second kappa shape index (κ2) is 6.12. The molecule has 21 heavy (non-hydrogen) atoms. The zero-order valence-electron chi connectivity index (χ0n) is 11.2. The molecule has 0 unspecified atom stereocenters. The summed E-state index contributed by atoms with van der Waals surface area (Å²) in [7, 11) is -3.56. The molecule has 1 fully saturated rings. The number of carbonyl (C=O) groups excluding carboxylic acids is 1. The summed E-state index contributed by atoms with van der Waals surface area (Å²) in [6.45, 7) is 0.0744. The van der Waals surface area contributed by atoms with Gasteiger partial charge in [0.1, 0.15) is 4.21 Å². The largest absolute Gasteiger partial charge is 0.481 e.